The minimum atomic E-state index is -4.27. The van der Waals surface area contributed by atoms with Crippen LogP contribution in [0.25, 0.3) is 0 Å². The van der Waals surface area contributed by atoms with Crippen LogP contribution >= 0.6 is 0 Å². The van der Waals surface area contributed by atoms with Crippen molar-refractivity contribution in [3.05, 3.63) is 0 Å². The molecule has 0 radical (unpaired) electrons. The van der Waals surface area contributed by atoms with Gasteiger partial charge in [-0.05, 0) is 39.5 Å². The van der Waals surface area contributed by atoms with Crippen molar-refractivity contribution in [1.29, 1.82) is 0 Å². The molecule has 1 heterocycles. The SMILES string of the molecule is CC(C)(C)OC(=O)NC(C(=O)N1CC(F)(F)C(F)(F)C1)C1CCCCC1. The van der Waals surface area contributed by atoms with Gasteiger partial charge in [0.1, 0.15) is 11.6 Å². The van der Waals surface area contributed by atoms with E-state index in [1.54, 1.807) is 20.8 Å². The number of halogens is 4. The molecule has 2 aliphatic rings. The minimum Gasteiger partial charge on any atom is -0.444 e. The van der Waals surface area contributed by atoms with Gasteiger partial charge in [-0.15, -0.1) is 0 Å². The molecule has 1 saturated carbocycles. The van der Waals surface area contributed by atoms with Gasteiger partial charge in [-0.25, -0.2) is 4.79 Å². The highest BCUT2D eigenvalue weighted by Gasteiger charge is 2.64. The van der Waals surface area contributed by atoms with E-state index in [4.69, 9.17) is 4.74 Å². The second-order valence-corrected chi connectivity index (χ2v) is 8.13. The molecule has 0 spiro atoms. The lowest BCUT2D eigenvalue weighted by molar-refractivity contribution is -0.172. The third kappa shape index (κ3) is 4.79. The highest BCUT2D eigenvalue weighted by atomic mass is 19.3. The number of hydrogen-bond acceptors (Lipinski definition) is 3. The maximum Gasteiger partial charge on any atom is 0.408 e. The summed E-state index contributed by atoms with van der Waals surface area (Å²) >= 11 is 0. The van der Waals surface area contributed by atoms with Crippen LogP contribution in [0.2, 0.25) is 0 Å². The Bertz CT molecular complexity index is 527. The molecule has 0 aromatic rings. The first-order valence-electron chi connectivity index (χ1n) is 8.86. The van der Waals surface area contributed by atoms with E-state index >= 15 is 0 Å². The van der Waals surface area contributed by atoms with Gasteiger partial charge >= 0.3 is 17.9 Å². The molecule has 1 atom stereocenters. The van der Waals surface area contributed by atoms with Crippen LogP contribution in [-0.2, 0) is 9.53 Å². The average Bonchev–Trinajstić information content (AvgIpc) is 2.71. The number of alkyl carbamates (subject to hydrolysis) is 1. The molecule has 0 aromatic carbocycles. The maximum absolute atomic E-state index is 13.5. The summed E-state index contributed by atoms with van der Waals surface area (Å²) < 4.78 is 59.0. The Morgan fingerprint density at radius 3 is 2.00 bits per heavy atom. The number of nitrogens with one attached hydrogen (secondary N) is 1. The normalized spacial score (nSPS) is 24.2. The summed E-state index contributed by atoms with van der Waals surface area (Å²) in [7, 11) is 0. The quantitative estimate of drug-likeness (QED) is 0.759. The third-order valence-electron chi connectivity index (χ3n) is 4.69. The molecule has 2 fully saturated rings. The number of ether oxygens (including phenoxy) is 1. The molecule has 5 nitrogen and oxygen atoms in total. The first kappa shape index (κ1) is 20.8. The lowest BCUT2D eigenvalue weighted by atomic mass is 9.83. The Labute approximate surface area is 150 Å². The fourth-order valence-electron chi connectivity index (χ4n) is 3.40. The van der Waals surface area contributed by atoms with Crippen molar-refractivity contribution in [2.45, 2.75) is 76.4 Å². The van der Waals surface area contributed by atoms with Crippen molar-refractivity contribution in [2.75, 3.05) is 13.1 Å². The van der Waals surface area contributed by atoms with Gasteiger partial charge in [0.2, 0.25) is 5.91 Å². The molecule has 1 unspecified atom stereocenters. The standard InChI is InChI=1S/C17H26F4N2O3/c1-15(2,3)26-14(25)22-12(11-7-5-4-6-8-11)13(24)23-9-16(18,19)17(20,21)10-23/h11-12H,4-10H2,1-3H3,(H,22,25). The summed E-state index contributed by atoms with van der Waals surface area (Å²) in [5, 5.41) is 2.43. The zero-order chi connectivity index (χ0) is 19.8. The van der Waals surface area contributed by atoms with Crippen LogP contribution in [0.3, 0.4) is 0 Å². The molecule has 1 N–H and O–H groups in total. The van der Waals surface area contributed by atoms with Crippen LogP contribution < -0.4 is 5.32 Å². The smallest absolute Gasteiger partial charge is 0.408 e. The second-order valence-electron chi connectivity index (χ2n) is 8.13. The van der Waals surface area contributed by atoms with Crippen LogP contribution in [0.1, 0.15) is 52.9 Å². The van der Waals surface area contributed by atoms with Crippen molar-refractivity contribution in [3.8, 4) is 0 Å². The largest absolute Gasteiger partial charge is 0.444 e. The maximum atomic E-state index is 13.5. The Hall–Kier alpha value is -1.54. The number of rotatable bonds is 3. The first-order valence-corrected chi connectivity index (χ1v) is 8.86. The number of carbonyl (C=O) groups is 2. The predicted molar refractivity (Wildman–Crippen MR) is 86.2 cm³/mol. The summed E-state index contributed by atoms with van der Waals surface area (Å²) in [6.07, 6.45) is 3.01. The van der Waals surface area contributed by atoms with E-state index < -0.39 is 48.6 Å². The van der Waals surface area contributed by atoms with E-state index in [2.05, 4.69) is 5.32 Å². The van der Waals surface area contributed by atoms with Gasteiger partial charge in [0, 0.05) is 0 Å². The molecule has 9 heteroatoms. The molecule has 1 saturated heterocycles. The van der Waals surface area contributed by atoms with E-state index in [1.807, 2.05) is 0 Å². The molecular formula is C17H26F4N2O3. The molecule has 0 bridgehead atoms. The zero-order valence-corrected chi connectivity index (χ0v) is 15.3. The molecule has 1 aliphatic carbocycles. The number of carbonyl (C=O) groups excluding carboxylic acids is 2. The van der Waals surface area contributed by atoms with Crippen molar-refractivity contribution < 1.29 is 31.9 Å². The topological polar surface area (TPSA) is 58.6 Å². The summed E-state index contributed by atoms with van der Waals surface area (Å²) in [6.45, 7) is 2.24. The van der Waals surface area contributed by atoms with Crippen molar-refractivity contribution in [3.63, 3.8) is 0 Å². The summed E-state index contributed by atoms with van der Waals surface area (Å²) in [5.41, 5.74) is -0.808. The number of alkyl halides is 4. The summed E-state index contributed by atoms with van der Waals surface area (Å²) in [5.74, 6) is -9.73. The third-order valence-corrected chi connectivity index (χ3v) is 4.69. The molecule has 150 valence electrons. The molecule has 26 heavy (non-hydrogen) atoms. The number of hydrogen-bond donors (Lipinski definition) is 1. The number of amides is 2. The van der Waals surface area contributed by atoms with Crippen LogP contribution in [0.5, 0.6) is 0 Å². The second kappa shape index (κ2) is 7.23. The van der Waals surface area contributed by atoms with E-state index in [1.165, 1.54) is 0 Å². The molecule has 0 aromatic heterocycles. The number of nitrogens with zero attached hydrogens (tertiary/aromatic N) is 1. The average molecular weight is 382 g/mol. The zero-order valence-electron chi connectivity index (χ0n) is 15.3. The van der Waals surface area contributed by atoms with Crippen LogP contribution in [0.4, 0.5) is 22.4 Å². The van der Waals surface area contributed by atoms with E-state index in [0.29, 0.717) is 17.7 Å². The minimum absolute atomic E-state index is 0.286. The van der Waals surface area contributed by atoms with E-state index in [-0.39, 0.29) is 5.92 Å². The lowest BCUT2D eigenvalue weighted by Gasteiger charge is -2.33. The predicted octanol–water partition coefficient (Wildman–Crippen LogP) is 3.57. The fourth-order valence-corrected chi connectivity index (χ4v) is 3.40. The van der Waals surface area contributed by atoms with Gasteiger partial charge in [0.25, 0.3) is 0 Å². The lowest BCUT2D eigenvalue weighted by Crippen LogP contribution is -2.53. The van der Waals surface area contributed by atoms with Gasteiger partial charge in [-0.3, -0.25) is 4.79 Å². The summed E-state index contributed by atoms with van der Waals surface area (Å²) in [6, 6.07) is -1.14. The monoisotopic (exact) mass is 382 g/mol. The number of likely N-dealkylation sites (tertiary alicyclic amines) is 1. The van der Waals surface area contributed by atoms with Crippen LogP contribution in [0, 0.1) is 5.92 Å². The van der Waals surface area contributed by atoms with Crippen molar-refractivity contribution in [2.24, 2.45) is 5.92 Å². The van der Waals surface area contributed by atoms with Crippen molar-refractivity contribution >= 4 is 12.0 Å². The van der Waals surface area contributed by atoms with E-state index in [0.717, 1.165) is 19.3 Å². The van der Waals surface area contributed by atoms with Gasteiger partial charge in [0.15, 0.2) is 0 Å². The Morgan fingerprint density at radius 2 is 1.54 bits per heavy atom. The van der Waals surface area contributed by atoms with Gasteiger partial charge in [-0.1, -0.05) is 19.3 Å². The highest BCUT2D eigenvalue weighted by molar-refractivity contribution is 5.86. The first-order chi connectivity index (χ1) is 11.8. The fraction of sp³-hybridized carbons (Fsp3) is 0.882. The molecule has 2 rings (SSSR count). The van der Waals surface area contributed by atoms with Gasteiger partial charge < -0.3 is 15.0 Å². The highest BCUT2D eigenvalue weighted by Crippen LogP contribution is 2.41. The Kier molecular flexibility index (Phi) is 5.77. The van der Waals surface area contributed by atoms with Gasteiger partial charge in [0.05, 0.1) is 13.1 Å². The van der Waals surface area contributed by atoms with E-state index in [9.17, 15) is 27.2 Å². The molecular weight excluding hydrogens is 356 g/mol. The van der Waals surface area contributed by atoms with Crippen LogP contribution in [-0.4, -0.2) is 53.5 Å². The Morgan fingerprint density at radius 1 is 1.04 bits per heavy atom. The Balaban J connectivity index is 2.15. The van der Waals surface area contributed by atoms with Gasteiger partial charge in [-0.2, -0.15) is 17.6 Å². The molecule has 1 aliphatic heterocycles. The van der Waals surface area contributed by atoms with Crippen LogP contribution in [0.15, 0.2) is 0 Å². The summed E-state index contributed by atoms with van der Waals surface area (Å²) in [4.78, 5) is 25.3. The molecule has 2 amide bonds. The van der Waals surface area contributed by atoms with Crippen molar-refractivity contribution in [1.82, 2.24) is 10.2 Å².